The van der Waals surface area contributed by atoms with Gasteiger partial charge in [-0.25, -0.2) is 0 Å². The summed E-state index contributed by atoms with van der Waals surface area (Å²) in [5.74, 6) is 2.94. The van der Waals surface area contributed by atoms with Crippen molar-refractivity contribution in [2.75, 3.05) is 6.61 Å². The smallest absolute Gasteiger partial charge is 0.0697 e. The van der Waals surface area contributed by atoms with E-state index >= 15 is 0 Å². The van der Waals surface area contributed by atoms with E-state index in [2.05, 4.69) is 6.92 Å². The molecule has 5 unspecified atom stereocenters. The third kappa shape index (κ3) is 2.54. The first-order valence-corrected chi connectivity index (χ1v) is 6.57. The van der Waals surface area contributed by atoms with E-state index < -0.39 is 0 Å². The molecule has 0 aromatic carbocycles. The van der Waals surface area contributed by atoms with E-state index in [0.717, 1.165) is 24.4 Å². The fourth-order valence-corrected chi connectivity index (χ4v) is 3.59. The van der Waals surface area contributed by atoms with E-state index in [1.165, 1.54) is 32.1 Å². The lowest BCUT2D eigenvalue weighted by molar-refractivity contribution is 0.0486. The maximum absolute atomic E-state index is 6.19. The van der Waals surface area contributed by atoms with Crippen molar-refractivity contribution in [1.29, 1.82) is 0 Å². The van der Waals surface area contributed by atoms with Crippen molar-refractivity contribution >= 4 is 0 Å². The van der Waals surface area contributed by atoms with Crippen molar-refractivity contribution in [1.82, 2.24) is 0 Å². The second-order valence-electron chi connectivity index (χ2n) is 5.49. The van der Waals surface area contributed by atoms with Crippen molar-refractivity contribution in [3.8, 4) is 0 Å². The topological polar surface area (TPSA) is 35.2 Å². The quantitative estimate of drug-likeness (QED) is 0.758. The van der Waals surface area contributed by atoms with E-state index in [4.69, 9.17) is 10.5 Å². The van der Waals surface area contributed by atoms with E-state index in [1.807, 2.05) is 6.92 Å². The van der Waals surface area contributed by atoms with Gasteiger partial charge in [0, 0.05) is 12.6 Å². The normalized spacial score (nSPS) is 38.2. The Kier molecular flexibility index (Phi) is 3.68. The molecule has 0 aliphatic heterocycles. The fourth-order valence-electron chi connectivity index (χ4n) is 3.59. The van der Waals surface area contributed by atoms with Crippen LogP contribution in [0.1, 0.15) is 46.0 Å². The van der Waals surface area contributed by atoms with Crippen LogP contribution < -0.4 is 5.73 Å². The zero-order valence-electron chi connectivity index (χ0n) is 10.1. The SMILES string of the molecule is CCOC(C)C(N)CC1CC2CCC1C2. The Balaban J connectivity index is 1.77. The fraction of sp³-hybridized carbons (Fsp3) is 1.00. The van der Waals surface area contributed by atoms with E-state index in [9.17, 15) is 0 Å². The average molecular weight is 211 g/mol. The van der Waals surface area contributed by atoms with Crippen LogP contribution >= 0.6 is 0 Å². The monoisotopic (exact) mass is 211 g/mol. The molecule has 2 aliphatic rings. The van der Waals surface area contributed by atoms with Crippen molar-refractivity contribution in [2.24, 2.45) is 23.5 Å². The van der Waals surface area contributed by atoms with Gasteiger partial charge in [0.1, 0.15) is 0 Å². The van der Waals surface area contributed by atoms with Crippen LogP contribution in [0.25, 0.3) is 0 Å². The third-order valence-corrected chi connectivity index (χ3v) is 4.49. The Labute approximate surface area is 93.6 Å². The van der Waals surface area contributed by atoms with E-state index in [0.29, 0.717) is 0 Å². The molecule has 2 aliphatic carbocycles. The summed E-state index contributed by atoms with van der Waals surface area (Å²) >= 11 is 0. The van der Waals surface area contributed by atoms with Crippen LogP contribution in [0.2, 0.25) is 0 Å². The molecule has 0 aromatic heterocycles. The molecular formula is C13H25NO. The molecule has 5 atom stereocenters. The summed E-state index contributed by atoms with van der Waals surface area (Å²) in [7, 11) is 0. The Morgan fingerprint density at radius 2 is 2.13 bits per heavy atom. The minimum Gasteiger partial charge on any atom is -0.377 e. The first kappa shape index (κ1) is 11.4. The van der Waals surface area contributed by atoms with Crippen molar-refractivity contribution in [2.45, 2.75) is 58.1 Å². The van der Waals surface area contributed by atoms with Crippen LogP contribution in [0.5, 0.6) is 0 Å². The molecule has 0 heterocycles. The van der Waals surface area contributed by atoms with Crippen molar-refractivity contribution in [3.63, 3.8) is 0 Å². The summed E-state index contributed by atoms with van der Waals surface area (Å²) < 4.78 is 5.57. The molecule has 2 heteroatoms. The number of hydrogen-bond donors (Lipinski definition) is 1. The standard InChI is InChI=1S/C13H25NO/c1-3-15-9(2)13(14)8-12-7-10-4-5-11(12)6-10/h9-13H,3-8,14H2,1-2H3. The summed E-state index contributed by atoms with van der Waals surface area (Å²) in [6.07, 6.45) is 7.29. The summed E-state index contributed by atoms with van der Waals surface area (Å²) in [6, 6.07) is 0.245. The predicted octanol–water partition coefficient (Wildman–Crippen LogP) is 2.57. The lowest BCUT2D eigenvalue weighted by Crippen LogP contribution is -2.37. The molecule has 2 rings (SSSR count). The number of ether oxygens (including phenoxy) is 1. The van der Waals surface area contributed by atoms with Gasteiger partial charge in [0.25, 0.3) is 0 Å². The maximum atomic E-state index is 6.19. The lowest BCUT2D eigenvalue weighted by atomic mass is 9.83. The second-order valence-corrected chi connectivity index (χ2v) is 5.49. The van der Waals surface area contributed by atoms with Gasteiger partial charge in [0.15, 0.2) is 0 Å². The molecule has 0 spiro atoms. The summed E-state index contributed by atoms with van der Waals surface area (Å²) in [5, 5.41) is 0. The van der Waals surface area contributed by atoms with Gasteiger partial charge in [0.05, 0.1) is 6.10 Å². The molecule has 0 amide bonds. The zero-order chi connectivity index (χ0) is 10.8. The zero-order valence-corrected chi connectivity index (χ0v) is 10.1. The molecule has 15 heavy (non-hydrogen) atoms. The number of fused-ring (bicyclic) bond motifs is 2. The first-order valence-electron chi connectivity index (χ1n) is 6.57. The molecule has 88 valence electrons. The summed E-state index contributed by atoms with van der Waals surface area (Å²) in [5.41, 5.74) is 6.19. The molecule has 2 saturated carbocycles. The van der Waals surface area contributed by atoms with Gasteiger partial charge in [-0.05, 0) is 57.3 Å². The van der Waals surface area contributed by atoms with Gasteiger partial charge in [-0.3, -0.25) is 0 Å². The molecular weight excluding hydrogens is 186 g/mol. The van der Waals surface area contributed by atoms with Crippen LogP contribution in [0.4, 0.5) is 0 Å². The van der Waals surface area contributed by atoms with Crippen LogP contribution in [0, 0.1) is 17.8 Å². The molecule has 2 nitrogen and oxygen atoms in total. The Hall–Kier alpha value is -0.0800. The summed E-state index contributed by atoms with van der Waals surface area (Å²) in [6.45, 7) is 4.94. The van der Waals surface area contributed by atoms with Gasteiger partial charge >= 0.3 is 0 Å². The third-order valence-electron chi connectivity index (χ3n) is 4.49. The minimum absolute atomic E-state index is 0.231. The number of nitrogens with two attached hydrogens (primary N) is 1. The highest BCUT2D eigenvalue weighted by Crippen LogP contribution is 2.49. The van der Waals surface area contributed by atoms with Crippen molar-refractivity contribution < 1.29 is 4.74 Å². The molecule has 2 fully saturated rings. The van der Waals surface area contributed by atoms with Crippen molar-refractivity contribution in [3.05, 3.63) is 0 Å². The minimum atomic E-state index is 0.231. The lowest BCUT2D eigenvalue weighted by Gasteiger charge is -2.27. The predicted molar refractivity (Wildman–Crippen MR) is 62.6 cm³/mol. The molecule has 2 bridgehead atoms. The first-order chi connectivity index (χ1) is 7.20. The highest BCUT2D eigenvalue weighted by Gasteiger charge is 2.40. The van der Waals surface area contributed by atoms with Crippen LogP contribution in [0.3, 0.4) is 0 Å². The second kappa shape index (κ2) is 4.84. The van der Waals surface area contributed by atoms with Crippen LogP contribution in [-0.2, 0) is 4.74 Å². The average Bonchev–Trinajstić information content (AvgIpc) is 2.79. The number of hydrogen-bond acceptors (Lipinski definition) is 2. The summed E-state index contributed by atoms with van der Waals surface area (Å²) in [4.78, 5) is 0. The van der Waals surface area contributed by atoms with Crippen LogP contribution in [-0.4, -0.2) is 18.8 Å². The molecule has 0 radical (unpaired) electrons. The Bertz CT molecular complexity index is 207. The molecule has 2 N–H and O–H groups in total. The largest absolute Gasteiger partial charge is 0.377 e. The van der Waals surface area contributed by atoms with Gasteiger partial charge < -0.3 is 10.5 Å². The molecule has 0 aromatic rings. The highest BCUT2D eigenvalue weighted by atomic mass is 16.5. The Morgan fingerprint density at radius 1 is 1.33 bits per heavy atom. The molecule has 0 saturated heterocycles. The van der Waals surface area contributed by atoms with Gasteiger partial charge in [0.2, 0.25) is 0 Å². The number of rotatable bonds is 5. The van der Waals surface area contributed by atoms with Gasteiger partial charge in [-0.1, -0.05) is 6.42 Å². The highest BCUT2D eigenvalue weighted by molar-refractivity contribution is 4.92. The van der Waals surface area contributed by atoms with Gasteiger partial charge in [-0.15, -0.1) is 0 Å². The van der Waals surface area contributed by atoms with E-state index in [1.54, 1.807) is 0 Å². The maximum Gasteiger partial charge on any atom is 0.0697 e. The Morgan fingerprint density at radius 3 is 2.67 bits per heavy atom. The van der Waals surface area contributed by atoms with Gasteiger partial charge in [-0.2, -0.15) is 0 Å². The van der Waals surface area contributed by atoms with E-state index in [-0.39, 0.29) is 12.1 Å². The van der Waals surface area contributed by atoms with Crippen LogP contribution in [0.15, 0.2) is 0 Å².